The zero-order valence-electron chi connectivity index (χ0n) is 14.2. The second-order valence-corrected chi connectivity index (χ2v) is 6.24. The monoisotopic (exact) mass is 511 g/mol. The summed E-state index contributed by atoms with van der Waals surface area (Å²) in [7, 11) is 2.40. The maximum atomic E-state index is 2.68. The first-order valence-electron chi connectivity index (χ1n) is 7.94. The fourth-order valence-electron chi connectivity index (χ4n) is 3.03. The molecule has 1 fully saturated rings. The number of quaternary nitrogens is 2. The Morgan fingerprint density at radius 2 is 1.35 bits per heavy atom. The molecule has 20 heavy (non-hydrogen) atoms. The first-order valence-corrected chi connectivity index (χ1v) is 7.94. The van der Waals surface area contributed by atoms with Crippen molar-refractivity contribution in [3.63, 3.8) is 0 Å². The van der Waals surface area contributed by atoms with Gasteiger partial charge in [0.1, 0.15) is 0 Å². The van der Waals surface area contributed by atoms with E-state index in [1.807, 2.05) is 0 Å². The zero-order chi connectivity index (χ0) is 13.6. The van der Waals surface area contributed by atoms with Crippen molar-refractivity contribution in [3.8, 4) is 0 Å². The molecule has 3 nitrogen and oxygen atoms in total. The SMILES string of the molecule is CC[N+]1(C)CCN(CC[N+](CC)(CC)CC)CC1.[I-].[I-]. The maximum absolute atomic E-state index is 2.68. The van der Waals surface area contributed by atoms with Crippen LogP contribution in [0.5, 0.6) is 0 Å². The second-order valence-electron chi connectivity index (χ2n) is 6.24. The van der Waals surface area contributed by atoms with E-state index in [9.17, 15) is 0 Å². The van der Waals surface area contributed by atoms with Crippen LogP contribution in [0.1, 0.15) is 27.7 Å². The number of rotatable bonds is 7. The second kappa shape index (κ2) is 11.0. The fourth-order valence-corrected chi connectivity index (χ4v) is 3.03. The minimum absolute atomic E-state index is 0. The highest BCUT2D eigenvalue weighted by atomic mass is 127. The standard InChI is InChI=1S/C15H35N3.2HI/c1-6-17(5)13-10-16(11-14-17)12-15-18(7-2,8-3)9-4;;/h6-15H2,1-5H3;2*1H/q+2;;/p-2. The molecule has 0 saturated carbocycles. The number of nitrogens with zero attached hydrogens (tertiary/aromatic N) is 3. The number of likely N-dealkylation sites (N-methyl/N-ethyl adjacent to an activating group) is 2. The smallest absolute Gasteiger partial charge is 0.0915 e. The number of hydrogen-bond donors (Lipinski definition) is 0. The number of halogens is 2. The van der Waals surface area contributed by atoms with Crippen LogP contribution in [0.4, 0.5) is 0 Å². The number of piperazine rings is 1. The molecule has 0 unspecified atom stereocenters. The van der Waals surface area contributed by atoms with E-state index in [0.717, 1.165) is 0 Å². The van der Waals surface area contributed by atoms with Gasteiger partial charge in [0.25, 0.3) is 0 Å². The molecule has 0 aromatic rings. The highest BCUT2D eigenvalue weighted by Gasteiger charge is 2.28. The minimum Gasteiger partial charge on any atom is -1.00 e. The van der Waals surface area contributed by atoms with Crippen LogP contribution in [-0.4, -0.2) is 86.4 Å². The molecule has 1 saturated heterocycles. The van der Waals surface area contributed by atoms with Crippen molar-refractivity contribution < 1.29 is 56.9 Å². The van der Waals surface area contributed by atoms with Gasteiger partial charge < -0.3 is 56.9 Å². The first kappa shape index (κ1) is 23.6. The summed E-state index contributed by atoms with van der Waals surface area (Å²) in [5.74, 6) is 0. The average molecular weight is 511 g/mol. The van der Waals surface area contributed by atoms with Crippen LogP contribution < -0.4 is 48.0 Å². The van der Waals surface area contributed by atoms with Gasteiger partial charge in [0, 0.05) is 19.6 Å². The Balaban J connectivity index is 0. The molecule has 0 atom stereocenters. The summed E-state index contributed by atoms with van der Waals surface area (Å²) < 4.78 is 2.56. The summed E-state index contributed by atoms with van der Waals surface area (Å²) in [6, 6.07) is 0. The molecular formula is C15H35I2N3. The van der Waals surface area contributed by atoms with E-state index < -0.39 is 0 Å². The molecule has 0 aliphatic carbocycles. The van der Waals surface area contributed by atoms with Crippen molar-refractivity contribution in [1.29, 1.82) is 0 Å². The van der Waals surface area contributed by atoms with Gasteiger partial charge in [0.15, 0.2) is 0 Å². The highest BCUT2D eigenvalue weighted by Crippen LogP contribution is 2.11. The first-order chi connectivity index (χ1) is 8.53. The third kappa shape index (κ3) is 6.62. The van der Waals surface area contributed by atoms with Crippen molar-refractivity contribution in [3.05, 3.63) is 0 Å². The van der Waals surface area contributed by atoms with Gasteiger partial charge in [-0.3, -0.25) is 4.90 Å². The molecule has 0 aromatic carbocycles. The zero-order valence-corrected chi connectivity index (χ0v) is 18.5. The van der Waals surface area contributed by atoms with Gasteiger partial charge in [0.05, 0.1) is 52.9 Å². The summed E-state index contributed by atoms with van der Waals surface area (Å²) in [6.45, 7) is 22.4. The van der Waals surface area contributed by atoms with Crippen LogP contribution in [0, 0.1) is 0 Å². The Kier molecular flexibility index (Phi) is 12.9. The third-order valence-electron chi connectivity index (χ3n) is 5.58. The quantitative estimate of drug-likeness (QED) is 0.247. The number of hydrogen-bond acceptors (Lipinski definition) is 1. The van der Waals surface area contributed by atoms with Gasteiger partial charge >= 0.3 is 0 Å². The topological polar surface area (TPSA) is 3.24 Å². The Morgan fingerprint density at radius 1 is 0.900 bits per heavy atom. The lowest BCUT2D eigenvalue weighted by Gasteiger charge is -2.43. The van der Waals surface area contributed by atoms with Gasteiger partial charge in [-0.1, -0.05) is 0 Å². The fraction of sp³-hybridized carbons (Fsp3) is 1.00. The molecule has 0 spiro atoms. The van der Waals surface area contributed by atoms with E-state index in [1.165, 1.54) is 74.4 Å². The van der Waals surface area contributed by atoms with Gasteiger partial charge in [-0.25, -0.2) is 0 Å². The average Bonchev–Trinajstić information content (AvgIpc) is 2.43. The summed E-state index contributed by atoms with van der Waals surface area (Å²) >= 11 is 0. The maximum Gasteiger partial charge on any atom is 0.0915 e. The van der Waals surface area contributed by atoms with Crippen molar-refractivity contribution >= 4 is 0 Å². The molecule has 1 heterocycles. The Labute approximate surface area is 161 Å². The molecule has 1 aliphatic heterocycles. The van der Waals surface area contributed by atoms with Crippen LogP contribution in [-0.2, 0) is 0 Å². The highest BCUT2D eigenvalue weighted by molar-refractivity contribution is 4.63. The predicted octanol–water partition coefficient (Wildman–Crippen LogP) is -4.35. The molecule has 1 rings (SSSR count). The lowest BCUT2D eigenvalue weighted by molar-refractivity contribution is -0.924. The molecule has 0 radical (unpaired) electrons. The van der Waals surface area contributed by atoms with Crippen LogP contribution in [0.3, 0.4) is 0 Å². The Morgan fingerprint density at radius 3 is 1.70 bits per heavy atom. The summed E-state index contributed by atoms with van der Waals surface area (Å²) in [6.07, 6.45) is 0. The van der Waals surface area contributed by atoms with E-state index >= 15 is 0 Å². The summed E-state index contributed by atoms with van der Waals surface area (Å²) in [5, 5.41) is 0. The summed E-state index contributed by atoms with van der Waals surface area (Å²) in [5.41, 5.74) is 0. The Hall–Kier alpha value is 1.34. The molecule has 0 N–H and O–H groups in total. The molecule has 0 amide bonds. The van der Waals surface area contributed by atoms with Crippen molar-refractivity contribution in [2.24, 2.45) is 0 Å². The van der Waals surface area contributed by atoms with E-state index in [4.69, 9.17) is 0 Å². The summed E-state index contributed by atoms with van der Waals surface area (Å²) in [4.78, 5) is 2.68. The predicted molar refractivity (Wildman–Crippen MR) is 79.6 cm³/mol. The largest absolute Gasteiger partial charge is 1.00 e. The van der Waals surface area contributed by atoms with Crippen LogP contribution in [0.15, 0.2) is 0 Å². The van der Waals surface area contributed by atoms with E-state index in [-0.39, 0.29) is 48.0 Å². The van der Waals surface area contributed by atoms with Crippen molar-refractivity contribution in [1.82, 2.24) is 4.90 Å². The lowest BCUT2D eigenvalue weighted by Crippen LogP contribution is -3.00. The van der Waals surface area contributed by atoms with E-state index in [1.54, 1.807) is 0 Å². The van der Waals surface area contributed by atoms with Crippen LogP contribution >= 0.6 is 0 Å². The Bertz CT molecular complexity index is 229. The molecule has 0 bridgehead atoms. The minimum atomic E-state index is 0. The molecular weight excluding hydrogens is 476 g/mol. The van der Waals surface area contributed by atoms with Crippen molar-refractivity contribution in [2.45, 2.75) is 27.7 Å². The molecule has 0 aromatic heterocycles. The van der Waals surface area contributed by atoms with E-state index in [2.05, 4.69) is 39.6 Å². The van der Waals surface area contributed by atoms with E-state index in [0.29, 0.717) is 0 Å². The van der Waals surface area contributed by atoms with Gasteiger partial charge in [-0.15, -0.1) is 0 Å². The molecule has 5 heteroatoms. The van der Waals surface area contributed by atoms with Crippen LogP contribution in [0.25, 0.3) is 0 Å². The normalized spacial score (nSPS) is 19.1. The van der Waals surface area contributed by atoms with Gasteiger partial charge in [-0.05, 0) is 27.7 Å². The van der Waals surface area contributed by atoms with Crippen LogP contribution in [0.2, 0.25) is 0 Å². The molecule has 124 valence electrons. The van der Waals surface area contributed by atoms with Crippen molar-refractivity contribution in [2.75, 3.05) is 72.5 Å². The van der Waals surface area contributed by atoms with Gasteiger partial charge in [-0.2, -0.15) is 0 Å². The third-order valence-corrected chi connectivity index (χ3v) is 5.58. The molecule has 1 aliphatic rings. The van der Waals surface area contributed by atoms with Gasteiger partial charge in [0.2, 0.25) is 0 Å². The lowest BCUT2D eigenvalue weighted by atomic mass is 10.2.